The Morgan fingerprint density at radius 2 is 1.79 bits per heavy atom. The van der Waals surface area contributed by atoms with Crippen LogP contribution >= 0.6 is 45.6 Å². The molecule has 1 N–H and O–H groups in total. The van der Waals surface area contributed by atoms with Crippen molar-refractivity contribution in [1.29, 1.82) is 0 Å². The minimum Gasteiger partial charge on any atom is -0.495 e. The Labute approximate surface area is 185 Å². The minimum atomic E-state index is -4.08. The molecule has 1 fully saturated rings. The zero-order valence-corrected chi connectivity index (χ0v) is 18.5. The normalized spacial score (nSPS) is 16.6. The Balaban J connectivity index is 1.87. The molecule has 1 saturated heterocycles. The first-order valence-corrected chi connectivity index (χ1v) is 11.8. The van der Waals surface area contributed by atoms with Gasteiger partial charge in [0.1, 0.15) is 16.4 Å². The van der Waals surface area contributed by atoms with Gasteiger partial charge in [-0.15, -0.1) is 0 Å². The second kappa shape index (κ2) is 8.61. The van der Waals surface area contributed by atoms with Crippen LogP contribution in [0.5, 0.6) is 17.2 Å². The Bertz CT molecular complexity index is 1080. The van der Waals surface area contributed by atoms with Gasteiger partial charge in [0, 0.05) is 16.7 Å². The average molecular weight is 497 g/mol. The minimum absolute atomic E-state index is 0.0572. The van der Waals surface area contributed by atoms with Gasteiger partial charge in [-0.25, -0.2) is 8.42 Å². The molecule has 0 spiro atoms. The van der Waals surface area contributed by atoms with Gasteiger partial charge in [-0.3, -0.25) is 14.9 Å². The van der Waals surface area contributed by atoms with E-state index >= 15 is 0 Å². The average Bonchev–Trinajstić information content (AvgIpc) is 2.94. The summed E-state index contributed by atoms with van der Waals surface area (Å²) in [4.78, 5) is 22.7. The second-order valence-corrected chi connectivity index (χ2v) is 10.4. The molecule has 1 aliphatic heterocycles. The number of hydrogen-bond donors (Lipinski definition) is 1. The van der Waals surface area contributed by atoms with Gasteiger partial charge in [0.25, 0.3) is 14.3 Å². The van der Waals surface area contributed by atoms with Crippen LogP contribution in [0.3, 0.4) is 0 Å². The standard InChI is InChI=1S/C17H12Cl3NO6S2/c1-26-12-3-2-9(7-14(12)29(20,24)25)27-15-10(18)4-8(5-11(15)19)6-13-16(22)21-17(23)28-13/h2-5,7,13H,6H2,1H3,(H,21,22,23). The van der Waals surface area contributed by atoms with Crippen LogP contribution < -0.4 is 14.8 Å². The molecule has 2 aromatic rings. The molecule has 0 aliphatic carbocycles. The number of methoxy groups -OCH3 is 1. The number of amides is 2. The number of carbonyl (C=O) groups excluding carboxylic acids is 2. The van der Waals surface area contributed by atoms with Crippen molar-refractivity contribution in [3.8, 4) is 17.2 Å². The first kappa shape index (κ1) is 22.0. The lowest BCUT2D eigenvalue weighted by Crippen LogP contribution is -2.25. The lowest BCUT2D eigenvalue weighted by Gasteiger charge is -2.14. The van der Waals surface area contributed by atoms with Gasteiger partial charge in [0.15, 0.2) is 5.75 Å². The van der Waals surface area contributed by atoms with E-state index in [1.807, 2.05) is 0 Å². The van der Waals surface area contributed by atoms with Crippen LogP contribution in [0, 0.1) is 0 Å². The molecule has 2 amide bonds. The summed E-state index contributed by atoms with van der Waals surface area (Å²) < 4.78 is 34.1. The molecule has 3 rings (SSSR count). The molecule has 7 nitrogen and oxygen atoms in total. The Hall–Kier alpha value is -1.65. The van der Waals surface area contributed by atoms with Crippen LogP contribution in [-0.2, 0) is 20.3 Å². The molecule has 1 unspecified atom stereocenters. The predicted octanol–water partition coefficient (Wildman–Crippen LogP) is 4.62. The molecule has 154 valence electrons. The highest BCUT2D eigenvalue weighted by Gasteiger charge is 2.31. The zero-order chi connectivity index (χ0) is 21.3. The molecule has 0 aromatic heterocycles. The highest BCUT2D eigenvalue weighted by molar-refractivity contribution is 8.15. The van der Waals surface area contributed by atoms with Crippen molar-refractivity contribution >= 4 is 65.8 Å². The smallest absolute Gasteiger partial charge is 0.286 e. The van der Waals surface area contributed by atoms with Crippen LogP contribution in [0.4, 0.5) is 4.79 Å². The lowest BCUT2D eigenvalue weighted by molar-refractivity contribution is -0.118. The first-order chi connectivity index (χ1) is 13.6. The monoisotopic (exact) mass is 495 g/mol. The quantitative estimate of drug-likeness (QED) is 0.583. The van der Waals surface area contributed by atoms with Crippen molar-refractivity contribution in [2.45, 2.75) is 16.6 Å². The summed E-state index contributed by atoms with van der Waals surface area (Å²) in [6, 6.07) is 7.15. The van der Waals surface area contributed by atoms with E-state index in [0.29, 0.717) is 5.56 Å². The summed E-state index contributed by atoms with van der Waals surface area (Å²) >= 11 is 13.4. The third-order valence-corrected chi connectivity index (χ3v) is 6.75. The van der Waals surface area contributed by atoms with Crippen molar-refractivity contribution in [3.05, 3.63) is 45.9 Å². The number of hydrogen-bond acceptors (Lipinski definition) is 7. The van der Waals surface area contributed by atoms with Gasteiger partial charge in [-0.1, -0.05) is 35.0 Å². The van der Waals surface area contributed by atoms with E-state index in [1.165, 1.54) is 25.3 Å². The molecule has 1 aliphatic rings. The summed E-state index contributed by atoms with van der Waals surface area (Å²) in [5.74, 6) is -0.0972. The third kappa shape index (κ3) is 5.10. The number of ether oxygens (including phenoxy) is 2. The molecule has 12 heteroatoms. The fraction of sp³-hybridized carbons (Fsp3) is 0.176. The fourth-order valence-electron chi connectivity index (χ4n) is 2.60. The highest BCUT2D eigenvalue weighted by atomic mass is 35.7. The van der Waals surface area contributed by atoms with Crippen molar-refractivity contribution in [3.63, 3.8) is 0 Å². The Kier molecular flexibility index (Phi) is 6.54. The van der Waals surface area contributed by atoms with E-state index < -0.39 is 19.5 Å². The Morgan fingerprint density at radius 1 is 1.14 bits per heavy atom. The molecule has 2 aromatic carbocycles. The van der Waals surface area contributed by atoms with Crippen LogP contribution in [0.1, 0.15) is 5.56 Å². The van der Waals surface area contributed by atoms with Crippen LogP contribution in [0.2, 0.25) is 10.0 Å². The fourth-order valence-corrected chi connectivity index (χ4v) is 5.08. The van der Waals surface area contributed by atoms with Crippen LogP contribution in [-0.4, -0.2) is 31.9 Å². The van der Waals surface area contributed by atoms with E-state index in [2.05, 4.69) is 5.32 Å². The Morgan fingerprint density at radius 3 is 2.31 bits per heavy atom. The molecule has 0 radical (unpaired) electrons. The number of carbonyl (C=O) groups is 2. The SMILES string of the molecule is COc1ccc(Oc2c(Cl)cc(CC3SC(=O)NC3=O)cc2Cl)cc1S(=O)(=O)Cl. The summed E-state index contributed by atoms with van der Waals surface area (Å²) in [7, 11) is 2.66. The van der Waals surface area contributed by atoms with E-state index in [-0.39, 0.29) is 44.5 Å². The van der Waals surface area contributed by atoms with Crippen LogP contribution in [0.25, 0.3) is 0 Å². The van der Waals surface area contributed by atoms with E-state index in [1.54, 1.807) is 12.1 Å². The highest BCUT2D eigenvalue weighted by Crippen LogP contribution is 2.40. The summed E-state index contributed by atoms with van der Waals surface area (Å²) in [5, 5.41) is 1.53. The molecule has 29 heavy (non-hydrogen) atoms. The van der Waals surface area contributed by atoms with Crippen molar-refractivity contribution < 1.29 is 27.5 Å². The zero-order valence-electron chi connectivity index (χ0n) is 14.6. The third-order valence-electron chi connectivity index (χ3n) is 3.86. The van der Waals surface area contributed by atoms with E-state index in [9.17, 15) is 18.0 Å². The summed E-state index contributed by atoms with van der Waals surface area (Å²) in [6.45, 7) is 0. The lowest BCUT2D eigenvalue weighted by atomic mass is 10.1. The molecular formula is C17H12Cl3NO6S2. The van der Waals surface area contributed by atoms with Crippen molar-refractivity contribution in [2.75, 3.05) is 7.11 Å². The van der Waals surface area contributed by atoms with Gasteiger partial charge in [0.2, 0.25) is 5.91 Å². The van der Waals surface area contributed by atoms with E-state index in [0.717, 1.165) is 11.8 Å². The largest absolute Gasteiger partial charge is 0.495 e. The molecule has 0 saturated carbocycles. The maximum Gasteiger partial charge on any atom is 0.286 e. The predicted molar refractivity (Wildman–Crippen MR) is 111 cm³/mol. The van der Waals surface area contributed by atoms with Gasteiger partial charge in [-0.2, -0.15) is 0 Å². The maximum absolute atomic E-state index is 11.7. The van der Waals surface area contributed by atoms with Gasteiger partial charge in [0.05, 0.1) is 22.4 Å². The van der Waals surface area contributed by atoms with Gasteiger partial charge < -0.3 is 9.47 Å². The number of thioether (sulfide) groups is 1. The summed E-state index contributed by atoms with van der Waals surface area (Å²) in [6.07, 6.45) is 0.249. The molecule has 1 atom stereocenters. The van der Waals surface area contributed by atoms with Gasteiger partial charge >= 0.3 is 0 Å². The number of benzene rings is 2. The van der Waals surface area contributed by atoms with Crippen molar-refractivity contribution in [1.82, 2.24) is 5.32 Å². The number of rotatable bonds is 6. The second-order valence-electron chi connectivity index (χ2n) is 5.83. The maximum atomic E-state index is 11.7. The topological polar surface area (TPSA) is 98.8 Å². The van der Waals surface area contributed by atoms with Gasteiger partial charge in [-0.05, 0) is 36.2 Å². The van der Waals surface area contributed by atoms with Crippen LogP contribution in [0.15, 0.2) is 35.2 Å². The van der Waals surface area contributed by atoms with E-state index in [4.69, 9.17) is 43.4 Å². The number of imide groups is 1. The molecule has 1 heterocycles. The molecular weight excluding hydrogens is 485 g/mol. The van der Waals surface area contributed by atoms with Crippen molar-refractivity contribution in [2.24, 2.45) is 0 Å². The first-order valence-electron chi connectivity index (χ1n) is 7.88. The number of nitrogens with one attached hydrogen (secondary N) is 1. The molecule has 0 bridgehead atoms. The number of halogens is 3. The summed E-state index contributed by atoms with van der Waals surface area (Å²) in [5.41, 5.74) is 0.633.